The largest absolute Gasteiger partial charge is 0.368 e. The third-order valence-electron chi connectivity index (χ3n) is 3.23. The zero-order valence-corrected chi connectivity index (χ0v) is 11.1. The SMILES string of the molecule is Nc1ncc(F)c(-c2cccc(C3=CCCNC3=O)c2)n1. The maximum atomic E-state index is 13.8. The van der Waals surface area contributed by atoms with Crippen LogP contribution in [0.5, 0.6) is 0 Å². The molecule has 1 aromatic carbocycles. The van der Waals surface area contributed by atoms with Gasteiger partial charge in [0, 0.05) is 17.7 Å². The van der Waals surface area contributed by atoms with Crippen LogP contribution < -0.4 is 11.1 Å². The van der Waals surface area contributed by atoms with Crippen LogP contribution in [0.25, 0.3) is 16.8 Å². The molecule has 6 heteroatoms. The number of hydrogen-bond acceptors (Lipinski definition) is 4. The molecule has 106 valence electrons. The topological polar surface area (TPSA) is 80.9 Å². The second-order valence-corrected chi connectivity index (χ2v) is 4.67. The molecular formula is C15H13FN4O. The van der Waals surface area contributed by atoms with Gasteiger partial charge in [-0.2, -0.15) is 0 Å². The minimum atomic E-state index is -0.552. The molecule has 21 heavy (non-hydrogen) atoms. The molecule has 5 nitrogen and oxygen atoms in total. The molecule has 1 aliphatic rings. The summed E-state index contributed by atoms with van der Waals surface area (Å²) in [5.41, 5.74) is 7.50. The van der Waals surface area contributed by atoms with E-state index in [2.05, 4.69) is 15.3 Å². The third kappa shape index (κ3) is 2.60. The molecule has 0 spiro atoms. The number of nitrogens with zero attached hydrogens (tertiary/aromatic N) is 2. The van der Waals surface area contributed by atoms with Crippen LogP contribution in [-0.2, 0) is 4.79 Å². The Morgan fingerprint density at radius 1 is 1.29 bits per heavy atom. The number of carbonyl (C=O) groups is 1. The number of hydrogen-bond donors (Lipinski definition) is 2. The van der Waals surface area contributed by atoms with Gasteiger partial charge < -0.3 is 11.1 Å². The second-order valence-electron chi connectivity index (χ2n) is 4.67. The molecular weight excluding hydrogens is 271 g/mol. The van der Waals surface area contributed by atoms with Crippen molar-refractivity contribution in [3.8, 4) is 11.3 Å². The van der Waals surface area contributed by atoms with Crippen LogP contribution in [-0.4, -0.2) is 22.4 Å². The van der Waals surface area contributed by atoms with Gasteiger partial charge >= 0.3 is 0 Å². The lowest BCUT2D eigenvalue weighted by Gasteiger charge is -2.14. The Labute approximate surface area is 120 Å². The third-order valence-corrected chi connectivity index (χ3v) is 3.23. The van der Waals surface area contributed by atoms with Crippen LogP contribution in [0.15, 0.2) is 36.5 Å². The highest BCUT2D eigenvalue weighted by atomic mass is 19.1. The fourth-order valence-electron chi connectivity index (χ4n) is 2.26. The number of halogens is 1. The molecule has 0 saturated carbocycles. The van der Waals surface area contributed by atoms with Gasteiger partial charge in [0.05, 0.1) is 6.20 Å². The van der Waals surface area contributed by atoms with Crippen molar-refractivity contribution in [3.05, 3.63) is 47.9 Å². The van der Waals surface area contributed by atoms with Crippen LogP contribution in [0.3, 0.4) is 0 Å². The number of carbonyl (C=O) groups excluding carboxylic acids is 1. The van der Waals surface area contributed by atoms with Crippen LogP contribution >= 0.6 is 0 Å². The number of nitrogen functional groups attached to an aromatic ring is 1. The fraction of sp³-hybridized carbons (Fsp3) is 0.133. The summed E-state index contributed by atoms with van der Waals surface area (Å²) in [6, 6.07) is 7.01. The van der Waals surface area contributed by atoms with Crippen molar-refractivity contribution in [3.63, 3.8) is 0 Å². The van der Waals surface area contributed by atoms with E-state index in [-0.39, 0.29) is 17.5 Å². The van der Waals surface area contributed by atoms with Crippen molar-refractivity contribution in [1.29, 1.82) is 0 Å². The molecule has 0 aliphatic carbocycles. The van der Waals surface area contributed by atoms with Crippen LogP contribution in [0.2, 0.25) is 0 Å². The van der Waals surface area contributed by atoms with Gasteiger partial charge in [0.25, 0.3) is 5.91 Å². The molecule has 3 rings (SSSR count). The number of amides is 1. The first kappa shape index (κ1) is 13.2. The van der Waals surface area contributed by atoms with Gasteiger partial charge in [-0.3, -0.25) is 4.79 Å². The normalized spacial score (nSPS) is 14.5. The van der Waals surface area contributed by atoms with Gasteiger partial charge in [0.15, 0.2) is 5.82 Å². The highest BCUT2D eigenvalue weighted by Crippen LogP contribution is 2.25. The molecule has 1 aromatic heterocycles. The summed E-state index contributed by atoms with van der Waals surface area (Å²) in [5, 5.41) is 2.78. The lowest BCUT2D eigenvalue weighted by atomic mass is 9.98. The lowest BCUT2D eigenvalue weighted by Crippen LogP contribution is -2.28. The number of nitrogens with one attached hydrogen (secondary N) is 1. The minimum absolute atomic E-state index is 0.00595. The van der Waals surface area contributed by atoms with E-state index < -0.39 is 5.82 Å². The molecule has 0 atom stereocenters. The number of aromatic nitrogens is 2. The second kappa shape index (κ2) is 5.32. The average molecular weight is 284 g/mol. The molecule has 3 N–H and O–H groups in total. The van der Waals surface area contributed by atoms with Gasteiger partial charge in [-0.05, 0) is 18.1 Å². The first-order valence-corrected chi connectivity index (χ1v) is 6.52. The highest BCUT2D eigenvalue weighted by molar-refractivity contribution is 6.20. The smallest absolute Gasteiger partial charge is 0.251 e. The Kier molecular flexibility index (Phi) is 3.35. The van der Waals surface area contributed by atoms with Gasteiger partial charge in [-0.1, -0.05) is 24.3 Å². The van der Waals surface area contributed by atoms with E-state index in [1.165, 1.54) is 0 Å². The number of rotatable bonds is 2. The Morgan fingerprint density at radius 3 is 2.90 bits per heavy atom. The van der Waals surface area contributed by atoms with Crippen LogP contribution in [0, 0.1) is 5.82 Å². The van der Waals surface area contributed by atoms with E-state index in [4.69, 9.17) is 5.73 Å². The van der Waals surface area contributed by atoms with E-state index in [0.717, 1.165) is 18.2 Å². The predicted molar refractivity (Wildman–Crippen MR) is 77.4 cm³/mol. The lowest BCUT2D eigenvalue weighted by molar-refractivity contribution is -0.115. The van der Waals surface area contributed by atoms with E-state index in [0.29, 0.717) is 17.7 Å². The first-order valence-electron chi connectivity index (χ1n) is 6.52. The van der Waals surface area contributed by atoms with Crippen molar-refractivity contribution in [2.75, 3.05) is 12.3 Å². The molecule has 1 amide bonds. The van der Waals surface area contributed by atoms with Crippen molar-refractivity contribution in [2.24, 2.45) is 0 Å². The molecule has 1 aliphatic heterocycles. The number of nitrogens with two attached hydrogens (primary N) is 1. The van der Waals surface area contributed by atoms with Gasteiger partial charge in [-0.15, -0.1) is 0 Å². The summed E-state index contributed by atoms with van der Waals surface area (Å²) >= 11 is 0. The Hall–Kier alpha value is -2.76. The molecule has 0 fully saturated rings. The van der Waals surface area contributed by atoms with E-state index in [1.807, 2.05) is 12.1 Å². The highest BCUT2D eigenvalue weighted by Gasteiger charge is 2.16. The summed E-state index contributed by atoms with van der Waals surface area (Å²) in [5.74, 6) is -0.670. The van der Waals surface area contributed by atoms with Crippen molar-refractivity contribution < 1.29 is 9.18 Å². The van der Waals surface area contributed by atoms with Crippen molar-refractivity contribution in [1.82, 2.24) is 15.3 Å². The maximum absolute atomic E-state index is 13.8. The summed E-state index contributed by atoms with van der Waals surface area (Å²) in [6.07, 6.45) is 3.69. The fourth-order valence-corrected chi connectivity index (χ4v) is 2.26. The zero-order valence-electron chi connectivity index (χ0n) is 11.1. The van der Waals surface area contributed by atoms with Gasteiger partial charge in [0.1, 0.15) is 5.69 Å². The van der Waals surface area contributed by atoms with Gasteiger partial charge in [0.2, 0.25) is 5.95 Å². The van der Waals surface area contributed by atoms with E-state index in [9.17, 15) is 9.18 Å². The first-order chi connectivity index (χ1) is 10.1. The summed E-state index contributed by atoms with van der Waals surface area (Å²) in [6.45, 7) is 0.638. The summed E-state index contributed by atoms with van der Waals surface area (Å²) in [4.78, 5) is 19.4. The van der Waals surface area contributed by atoms with Crippen LogP contribution in [0.1, 0.15) is 12.0 Å². The molecule has 2 heterocycles. The van der Waals surface area contributed by atoms with Crippen LogP contribution in [0.4, 0.5) is 10.3 Å². The van der Waals surface area contributed by atoms with Crippen molar-refractivity contribution >= 4 is 17.4 Å². The van der Waals surface area contributed by atoms with E-state index in [1.54, 1.807) is 18.2 Å². The van der Waals surface area contributed by atoms with E-state index >= 15 is 0 Å². The predicted octanol–water partition coefficient (Wildman–Crippen LogP) is 1.77. The Morgan fingerprint density at radius 2 is 2.10 bits per heavy atom. The maximum Gasteiger partial charge on any atom is 0.251 e. The molecule has 0 unspecified atom stereocenters. The number of anilines is 1. The Bertz CT molecular complexity index is 742. The molecule has 2 aromatic rings. The number of benzene rings is 1. The monoisotopic (exact) mass is 284 g/mol. The standard InChI is InChI=1S/C15H13FN4O/c16-12-8-19-15(17)20-13(12)10-4-1-3-9(7-10)11-5-2-6-18-14(11)21/h1,3-5,7-8H,2,6H2,(H,18,21)(H2,17,19,20). The van der Waals surface area contributed by atoms with Gasteiger partial charge in [-0.25, -0.2) is 14.4 Å². The molecule has 0 radical (unpaired) electrons. The molecule has 0 bridgehead atoms. The minimum Gasteiger partial charge on any atom is -0.368 e. The average Bonchev–Trinajstić information content (AvgIpc) is 2.50. The summed E-state index contributed by atoms with van der Waals surface area (Å²) < 4.78 is 13.8. The summed E-state index contributed by atoms with van der Waals surface area (Å²) in [7, 11) is 0. The van der Waals surface area contributed by atoms with Crippen molar-refractivity contribution in [2.45, 2.75) is 6.42 Å². The zero-order chi connectivity index (χ0) is 14.8. The molecule has 0 saturated heterocycles. The quantitative estimate of drug-likeness (QED) is 0.880. The Balaban J connectivity index is 2.06.